The molecule has 2 saturated heterocycles. The first-order valence-corrected chi connectivity index (χ1v) is 4.96. The van der Waals surface area contributed by atoms with E-state index in [9.17, 15) is 4.79 Å². The molecule has 0 aromatic carbocycles. The molecule has 0 bridgehead atoms. The summed E-state index contributed by atoms with van der Waals surface area (Å²) in [6.07, 6.45) is 3.33. The minimum atomic E-state index is 0.0648. The van der Waals surface area contributed by atoms with Gasteiger partial charge in [-0.3, -0.25) is 0 Å². The average molecular weight is 183 g/mol. The Labute approximate surface area is 78.7 Å². The molecule has 2 N–H and O–H groups in total. The molecule has 1 atom stereocenters. The Bertz CT molecular complexity index is 209. The molecule has 2 heterocycles. The summed E-state index contributed by atoms with van der Waals surface area (Å²) in [7, 11) is 1.86. The Balaban J connectivity index is 2.07. The molecular formula is C9H17N3O. The zero-order valence-electron chi connectivity index (χ0n) is 8.10. The van der Waals surface area contributed by atoms with Gasteiger partial charge < -0.3 is 15.5 Å². The molecule has 4 heteroatoms. The molecule has 4 nitrogen and oxygen atoms in total. The van der Waals surface area contributed by atoms with Crippen molar-refractivity contribution in [1.29, 1.82) is 0 Å². The van der Waals surface area contributed by atoms with Crippen LogP contribution in [0.5, 0.6) is 0 Å². The van der Waals surface area contributed by atoms with Crippen molar-refractivity contribution in [2.24, 2.45) is 0 Å². The van der Waals surface area contributed by atoms with E-state index in [0.717, 1.165) is 38.9 Å². The highest BCUT2D eigenvalue weighted by molar-refractivity contribution is 5.77. The number of likely N-dealkylation sites (N-methyl/N-ethyl adjacent to an activating group) is 1. The smallest absolute Gasteiger partial charge is 0.317 e. The van der Waals surface area contributed by atoms with Gasteiger partial charge in [0, 0.05) is 13.6 Å². The van der Waals surface area contributed by atoms with Gasteiger partial charge in [-0.1, -0.05) is 0 Å². The molecule has 2 amide bonds. The summed E-state index contributed by atoms with van der Waals surface area (Å²) >= 11 is 0. The van der Waals surface area contributed by atoms with Gasteiger partial charge in [-0.2, -0.15) is 0 Å². The number of carbonyl (C=O) groups is 1. The van der Waals surface area contributed by atoms with E-state index in [0.29, 0.717) is 0 Å². The van der Waals surface area contributed by atoms with Crippen molar-refractivity contribution in [3.8, 4) is 0 Å². The lowest BCUT2D eigenvalue weighted by Crippen LogP contribution is -2.43. The number of urea groups is 1. The minimum Gasteiger partial charge on any atom is -0.331 e. The van der Waals surface area contributed by atoms with E-state index in [2.05, 4.69) is 10.6 Å². The van der Waals surface area contributed by atoms with Gasteiger partial charge in [0.1, 0.15) is 0 Å². The molecule has 2 aliphatic rings. The molecule has 13 heavy (non-hydrogen) atoms. The van der Waals surface area contributed by atoms with Gasteiger partial charge in [0.15, 0.2) is 0 Å². The number of amides is 2. The summed E-state index contributed by atoms with van der Waals surface area (Å²) in [4.78, 5) is 13.1. The maximum Gasteiger partial charge on any atom is 0.317 e. The summed E-state index contributed by atoms with van der Waals surface area (Å²) in [5.41, 5.74) is 0.0648. The molecule has 0 aromatic rings. The lowest BCUT2D eigenvalue weighted by molar-refractivity contribution is 0.225. The highest BCUT2D eigenvalue weighted by atomic mass is 16.2. The SMILES string of the molecule is CN1CC2(CCCNCC2)NC1=O. The summed E-state index contributed by atoms with van der Waals surface area (Å²) in [5.74, 6) is 0. The van der Waals surface area contributed by atoms with E-state index < -0.39 is 0 Å². The van der Waals surface area contributed by atoms with Gasteiger partial charge in [-0.05, 0) is 32.4 Å². The quantitative estimate of drug-likeness (QED) is 0.561. The monoisotopic (exact) mass is 183 g/mol. The fourth-order valence-electron chi connectivity index (χ4n) is 2.30. The number of hydrogen-bond acceptors (Lipinski definition) is 2. The molecule has 0 aromatic heterocycles. The van der Waals surface area contributed by atoms with Crippen LogP contribution in [0, 0.1) is 0 Å². The lowest BCUT2D eigenvalue weighted by atomic mass is 9.92. The summed E-state index contributed by atoms with van der Waals surface area (Å²) in [5, 5.41) is 6.46. The Kier molecular flexibility index (Phi) is 2.15. The van der Waals surface area contributed by atoms with Crippen molar-refractivity contribution < 1.29 is 4.79 Å². The molecule has 0 aliphatic carbocycles. The maximum atomic E-state index is 11.4. The van der Waals surface area contributed by atoms with Crippen LogP contribution in [0.1, 0.15) is 19.3 Å². The first-order valence-electron chi connectivity index (χ1n) is 4.96. The van der Waals surface area contributed by atoms with Crippen LogP contribution in [0.25, 0.3) is 0 Å². The molecule has 2 fully saturated rings. The zero-order valence-corrected chi connectivity index (χ0v) is 8.10. The first kappa shape index (κ1) is 8.81. The lowest BCUT2D eigenvalue weighted by Gasteiger charge is -2.25. The predicted molar refractivity (Wildman–Crippen MR) is 50.6 cm³/mol. The van der Waals surface area contributed by atoms with E-state index in [1.165, 1.54) is 0 Å². The number of hydrogen-bond donors (Lipinski definition) is 2. The Morgan fingerprint density at radius 3 is 2.92 bits per heavy atom. The van der Waals surface area contributed by atoms with E-state index in [4.69, 9.17) is 0 Å². The second-order valence-electron chi connectivity index (χ2n) is 4.17. The van der Waals surface area contributed by atoms with Gasteiger partial charge in [0.25, 0.3) is 0 Å². The van der Waals surface area contributed by atoms with Gasteiger partial charge in [0.05, 0.1) is 5.54 Å². The van der Waals surface area contributed by atoms with Crippen molar-refractivity contribution >= 4 is 6.03 Å². The molecular weight excluding hydrogens is 166 g/mol. The predicted octanol–water partition coefficient (Wildman–Crippen LogP) is 0.154. The molecule has 2 rings (SSSR count). The van der Waals surface area contributed by atoms with Gasteiger partial charge >= 0.3 is 6.03 Å². The third-order valence-corrected chi connectivity index (χ3v) is 3.05. The summed E-state index contributed by atoms with van der Waals surface area (Å²) in [6.45, 7) is 2.98. The van der Waals surface area contributed by atoms with Gasteiger partial charge in [-0.15, -0.1) is 0 Å². The van der Waals surface area contributed by atoms with E-state index in [-0.39, 0.29) is 11.6 Å². The molecule has 74 valence electrons. The minimum absolute atomic E-state index is 0.0648. The zero-order chi connectivity index (χ0) is 9.31. The van der Waals surface area contributed by atoms with Crippen LogP contribution in [0.15, 0.2) is 0 Å². The molecule has 0 radical (unpaired) electrons. The van der Waals surface area contributed by atoms with Crippen LogP contribution in [0.2, 0.25) is 0 Å². The van der Waals surface area contributed by atoms with Crippen LogP contribution < -0.4 is 10.6 Å². The van der Waals surface area contributed by atoms with E-state index in [1.54, 1.807) is 4.90 Å². The topological polar surface area (TPSA) is 44.4 Å². The van der Waals surface area contributed by atoms with Gasteiger partial charge in [0.2, 0.25) is 0 Å². The van der Waals surface area contributed by atoms with Crippen molar-refractivity contribution in [2.45, 2.75) is 24.8 Å². The normalized spacial score (nSPS) is 34.8. The Morgan fingerprint density at radius 1 is 1.38 bits per heavy atom. The first-order chi connectivity index (χ1) is 6.22. The average Bonchev–Trinajstić information content (AvgIpc) is 2.29. The van der Waals surface area contributed by atoms with Crippen LogP contribution in [-0.4, -0.2) is 43.2 Å². The fraction of sp³-hybridized carbons (Fsp3) is 0.889. The fourth-order valence-corrected chi connectivity index (χ4v) is 2.30. The van der Waals surface area contributed by atoms with Crippen molar-refractivity contribution in [2.75, 3.05) is 26.7 Å². The maximum absolute atomic E-state index is 11.4. The van der Waals surface area contributed by atoms with Crippen LogP contribution in [0.3, 0.4) is 0 Å². The molecule has 0 saturated carbocycles. The number of nitrogens with one attached hydrogen (secondary N) is 2. The van der Waals surface area contributed by atoms with Crippen molar-refractivity contribution in [1.82, 2.24) is 15.5 Å². The van der Waals surface area contributed by atoms with Crippen LogP contribution >= 0.6 is 0 Å². The molecule has 1 spiro atoms. The van der Waals surface area contributed by atoms with Crippen molar-refractivity contribution in [3.05, 3.63) is 0 Å². The highest BCUT2D eigenvalue weighted by Crippen LogP contribution is 2.25. The number of rotatable bonds is 0. The Morgan fingerprint density at radius 2 is 2.23 bits per heavy atom. The van der Waals surface area contributed by atoms with E-state index in [1.807, 2.05) is 7.05 Å². The molecule has 1 unspecified atom stereocenters. The second-order valence-corrected chi connectivity index (χ2v) is 4.17. The summed E-state index contributed by atoms with van der Waals surface area (Å²) in [6, 6.07) is 0.0851. The third-order valence-electron chi connectivity index (χ3n) is 3.05. The molecule has 2 aliphatic heterocycles. The third kappa shape index (κ3) is 1.63. The largest absolute Gasteiger partial charge is 0.331 e. The Hall–Kier alpha value is -0.770. The number of carbonyl (C=O) groups excluding carboxylic acids is 1. The van der Waals surface area contributed by atoms with Gasteiger partial charge in [-0.25, -0.2) is 4.79 Å². The van der Waals surface area contributed by atoms with E-state index >= 15 is 0 Å². The number of nitrogens with zero attached hydrogens (tertiary/aromatic N) is 1. The second kappa shape index (κ2) is 3.18. The van der Waals surface area contributed by atoms with Crippen LogP contribution in [0.4, 0.5) is 4.79 Å². The van der Waals surface area contributed by atoms with Crippen LogP contribution in [-0.2, 0) is 0 Å². The van der Waals surface area contributed by atoms with Crippen molar-refractivity contribution in [3.63, 3.8) is 0 Å². The highest BCUT2D eigenvalue weighted by Gasteiger charge is 2.40. The standard InChI is InChI=1S/C9H17N3O/c1-12-7-9(11-8(12)13)3-2-5-10-6-4-9/h10H,2-7H2,1H3,(H,11,13). The summed E-state index contributed by atoms with van der Waals surface area (Å²) < 4.78 is 0.